The van der Waals surface area contributed by atoms with E-state index in [0.29, 0.717) is 38.0 Å². The number of rotatable bonds is 7. The zero-order valence-corrected chi connectivity index (χ0v) is 28.8. The number of nitrogens with zero attached hydrogens (tertiary/aromatic N) is 5. The topological polar surface area (TPSA) is 123 Å². The molecular formula is C34H44F3N5O7. The van der Waals surface area contributed by atoms with Crippen molar-refractivity contribution in [3.8, 4) is 11.3 Å². The quantitative estimate of drug-likeness (QED) is 0.274. The zero-order chi connectivity index (χ0) is 35.2. The van der Waals surface area contributed by atoms with Gasteiger partial charge in [0.05, 0.1) is 30.7 Å². The number of hydrogen-bond donors (Lipinski definition) is 0. The van der Waals surface area contributed by atoms with Gasteiger partial charge in [-0.25, -0.2) is 22.6 Å². The van der Waals surface area contributed by atoms with E-state index in [1.807, 2.05) is 40.7 Å². The Morgan fingerprint density at radius 2 is 1.80 bits per heavy atom. The molecule has 3 fully saturated rings. The zero-order valence-electron chi connectivity index (χ0n) is 28.8. The average Bonchev–Trinajstić information content (AvgIpc) is 3.69. The Labute approximate surface area is 283 Å². The van der Waals surface area contributed by atoms with Gasteiger partial charge in [0, 0.05) is 37.1 Å². The molecule has 3 aromatic rings. The summed E-state index contributed by atoms with van der Waals surface area (Å²) < 4.78 is 80.3. The van der Waals surface area contributed by atoms with Crippen LogP contribution in [0.2, 0.25) is 0 Å². The molecule has 6 rings (SSSR count). The third-order valence-corrected chi connectivity index (χ3v) is 8.83. The third kappa shape index (κ3) is 7.95. The normalized spacial score (nSPS) is 26.2. The number of hydrogen-bond acceptors (Lipinski definition) is 10. The number of halogens is 3. The van der Waals surface area contributed by atoms with E-state index in [1.165, 1.54) is 6.20 Å². The van der Waals surface area contributed by atoms with Crippen LogP contribution in [0.3, 0.4) is 0 Å². The van der Waals surface area contributed by atoms with Gasteiger partial charge in [-0.05, 0) is 73.4 Å². The first-order chi connectivity index (χ1) is 23.1. The van der Waals surface area contributed by atoms with Gasteiger partial charge in [0.1, 0.15) is 41.4 Å². The smallest absolute Gasteiger partial charge is 0.410 e. The summed E-state index contributed by atoms with van der Waals surface area (Å²) in [5, 5.41) is 12.9. The maximum Gasteiger partial charge on any atom is 0.410 e. The lowest BCUT2D eigenvalue weighted by molar-refractivity contribution is -0.352. The molecule has 2 aromatic heterocycles. The average molecular weight is 692 g/mol. The molecule has 0 radical (unpaired) electrons. The highest BCUT2D eigenvalue weighted by atomic mass is 19.2. The van der Waals surface area contributed by atoms with Crippen molar-refractivity contribution in [2.75, 3.05) is 19.7 Å². The van der Waals surface area contributed by atoms with Crippen LogP contribution in [0.15, 0.2) is 28.9 Å². The van der Waals surface area contributed by atoms with Gasteiger partial charge in [-0.1, -0.05) is 10.4 Å². The van der Waals surface area contributed by atoms with Crippen LogP contribution in [-0.4, -0.2) is 92.7 Å². The lowest BCUT2D eigenvalue weighted by atomic mass is 9.88. The van der Waals surface area contributed by atoms with Crippen molar-refractivity contribution in [3.63, 3.8) is 0 Å². The van der Waals surface area contributed by atoms with Crippen LogP contribution < -0.4 is 0 Å². The molecule has 49 heavy (non-hydrogen) atoms. The van der Waals surface area contributed by atoms with Gasteiger partial charge >= 0.3 is 6.09 Å². The Hall–Kier alpha value is -3.53. The Balaban J connectivity index is 1.24. The fourth-order valence-corrected chi connectivity index (χ4v) is 6.63. The predicted molar refractivity (Wildman–Crippen MR) is 168 cm³/mol. The molecule has 3 saturated heterocycles. The molecule has 0 spiro atoms. The summed E-state index contributed by atoms with van der Waals surface area (Å²) in [5.74, 6) is -4.33. The molecule has 5 atom stereocenters. The maximum absolute atomic E-state index is 14.1. The number of carbonyl (C=O) groups excluding carboxylic acids is 1. The van der Waals surface area contributed by atoms with E-state index < -0.39 is 59.3 Å². The highest BCUT2D eigenvalue weighted by molar-refractivity contribution is 5.68. The number of fused-ring (bicyclic) bond motifs is 1. The molecule has 0 N–H and O–H groups in total. The summed E-state index contributed by atoms with van der Waals surface area (Å²) in [7, 11) is 0. The molecule has 268 valence electrons. The number of benzene rings is 1. The van der Waals surface area contributed by atoms with Gasteiger partial charge in [0.2, 0.25) is 0 Å². The van der Waals surface area contributed by atoms with E-state index in [1.54, 1.807) is 23.4 Å². The van der Waals surface area contributed by atoms with E-state index in [-0.39, 0.29) is 36.0 Å². The SMILES string of the molecule is CC(C)O[C@@H]1[C@@H](n2cc(-c3cc(F)c(F)c(F)c3)nn2)[C@H]2OC(C)(C)OC[C@H]2O[C@@H]1Cc1cc(C2CCN(C(=O)OC(C)(C)C)CC2)on1. The highest BCUT2D eigenvalue weighted by Crippen LogP contribution is 2.41. The van der Waals surface area contributed by atoms with Crippen molar-refractivity contribution in [1.29, 1.82) is 0 Å². The minimum Gasteiger partial charge on any atom is -0.444 e. The van der Waals surface area contributed by atoms with Crippen molar-refractivity contribution in [2.45, 2.75) is 122 Å². The van der Waals surface area contributed by atoms with Gasteiger partial charge in [0.25, 0.3) is 0 Å². The van der Waals surface area contributed by atoms with Crippen LogP contribution >= 0.6 is 0 Å². The maximum atomic E-state index is 14.1. The second-order valence-electron chi connectivity index (χ2n) is 14.7. The summed E-state index contributed by atoms with van der Waals surface area (Å²) in [6.07, 6.45) is 0.431. The van der Waals surface area contributed by atoms with Gasteiger partial charge in [-0.15, -0.1) is 5.10 Å². The third-order valence-electron chi connectivity index (χ3n) is 8.83. The second-order valence-corrected chi connectivity index (χ2v) is 14.7. The molecule has 1 amide bonds. The molecule has 3 aliphatic rings. The first-order valence-corrected chi connectivity index (χ1v) is 16.7. The Kier molecular flexibility index (Phi) is 9.83. The number of likely N-dealkylation sites (tertiary alicyclic amines) is 1. The van der Waals surface area contributed by atoms with Crippen LogP contribution in [0.1, 0.15) is 84.7 Å². The van der Waals surface area contributed by atoms with Crippen molar-refractivity contribution < 1.29 is 46.2 Å². The number of amides is 1. The Morgan fingerprint density at radius 3 is 2.45 bits per heavy atom. The molecule has 1 aromatic carbocycles. The molecule has 12 nitrogen and oxygen atoms in total. The van der Waals surface area contributed by atoms with Crippen molar-refractivity contribution >= 4 is 6.09 Å². The number of piperidine rings is 1. The van der Waals surface area contributed by atoms with E-state index in [0.717, 1.165) is 17.9 Å². The van der Waals surface area contributed by atoms with Gasteiger partial charge < -0.3 is 33.1 Å². The first kappa shape index (κ1) is 35.3. The van der Waals surface area contributed by atoms with Crippen molar-refractivity contribution in [3.05, 3.63) is 53.3 Å². The molecular weight excluding hydrogens is 647 g/mol. The molecule has 0 aliphatic carbocycles. The molecule has 0 unspecified atom stereocenters. The number of ether oxygens (including phenoxy) is 5. The first-order valence-electron chi connectivity index (χ1n) is 16.7. The molecule has 5 heterocycles. The van der Waals surface area contributed by atoms with E-state index >= 15 is 0 Å². The van der Waals surface area contributed by atoms with Crippen LogP contribution in [-0.2, 0) is 30.1 Å². The Bertz CT molecular complexity index is 1610. The van der Waals surface area contributed by atoms with Crippen molar-refractivity contribution in [2.24, 2.45) is 0 Å². The molecule has 3 aliphatic heterocycles. The minimum atomic E-state index is -1.56. The molecule has 0 saturated carbocycles. The molecule has 15 heteroatoms. The Morgan fingerprint density at radius 1 is 1.10 bits per heavy atom. The lowest BCUT2D eigenvalue weighted by Gasteiger charge is -2.51. The minimum absolute atomic E-state index is 0.0319. The highest BCUT2D eigenvalue weighted by Gasteiger charge is 2.53. The standard InChI is InChI=1S/C34H44F3N5O7/c1-18(2)45-30-26(15-21-14-25(49-39-21)19-8-10-41(11-9-19)32(43)48-33(3,4)5)46-27-17-44-34(6,7)47-31(27)29(30)42-16-24(38-40-42)20-12-22(35)28(37)23(36)13-20/h12-14,16,18-19,26-27,29-31H,8-11,15,17H2,1-7H3/t26-,27-,29-,30+,31+/m1/s1. The molecule has 0 bridgehead atoms. The van der Waals surface area contributed by atoms with Crippen molar-refractivity contribution in [1.82, 2.24) is 25.1 Å². The summed E-state index contributed by atoms with van der Waals surface area (Å²) in [4.78, 5) is 14.3. The lowest BCUT2D eigenvalue weighted by Crippen LogP contribution is -2.63. The second kappa shape index (κ2) is 13.6. The van der Waals surface area contributed by atoms with Crippen LogP contribution in [0.4, 0.5) is 18.0 Å². The van der Waals surface area contributed by atoms with E-state index in [2.05, 4.69) is 15.5 Å². The fourth-order valence-electron chi connectivity index (χ4n) is 6.63. The van der Waals surface area contributed by atoms with Gasteiger partial charge in [0.15, 0.2) is 23.2 Å². The summed E-state index contributed by atoms with van der Waals surface area (Å²) in [6.45, 7) is 14.3. The largest absolute Gasteiger partial charge is 0.444 e. The predicted octanol–water partition coefficient (Wildman–Crippen LogP) is 5.96. The van der Waals surface area contributed by atoms with E-state index in [9.17, 15) is 18.0 Å². The summed E-state index contributed by atoms with van der Waals surface area (Å²) >= 11 is 0. The summed E-state index contributed by atoms with van der Waals surface area (Å²) in [6, 6.07) is 3.08. The van der Waals surface area contributed by atoms with Gasteiger partial charge in [-0.2, -0.15) is 0 Å². The van der Waals surface area contributed by atoms with Crippen LogP contribution in [0.25, 0.3) is 11.3 Å². The number of carbonyl (C=O) groups is 1. The van der Waals surface area contributed by atoms with E-state index in [4.69, 9.17) is 28.2 Å². The fraction of sp³-hybridized carbons (Fsp3) is 0.647. The monoisotopic (exact) mass is 691 g/mol. The summed E-state index contributed by atoms with van der Waals surface area (Å²) in [5.41, 5.74) is 0.281. The van der Waals surface area contributed by atoms with Gasteiger partial charge in [-0.3, -0.25) is 0 Å². The number of aromatic nitrogens is 4. The van der Waals surface area contributed by atoms with Crippen LogP contribution in [0, 0.1) is 17.5 Å². The van der Waals surface area contributed by atoms with Crippen LogP contribution in [0.5, 0.6) is 0 Å².